The summed E-state index contributed by atoms with van der Waals surface area (Å²) in [7, 11) is 1.37. The van der Waals surface area contributed by atoms with Crippen molar-refractivity contribution in [2.24, 2.45) is 7.05 Å². The van der Waals surface area contributed by atoms with Gasteiger partial charge >= 0.3 is 18.1 Å². The number of aromatic carboxylic acids is 1. The maximum absolute atomic E-state index is 12.2. The maximum Gasteiger partial charge on any atom is 0.471 e. The van der Waals surface area contributed by atoms with Gasteiger partial charge in [0.15, 0.2) is 0 Å². The predicted octanol–water partition coefficient (Wildman–Crippen LogP) is 1.77. The summed E-state index contributed by atoms with van der Waals surface area (Å²) >= 11 is 0. The lowest BCUT2D eigenvalue weighted by Gasteiger charge is -2.07. The number of anilines is 1. The molecule has 20 heavy (non-hydrogen) atoms. The lowest BCUT2D eigenvalue weighted by Crippen LogP contribution is -2.31. The van der Waals surface area contributed by atoms with Gasteiger partial charge in [0.2, 0.25) is 5.95 Å². The zero-order valence-corrected chi connectivity index (χ0v) is 10.0. The van der Waals surface area contributed by atoms with Crippen molar-refractivity contribution in [3.63, 3.8) is 0 Å². The molecule has 2 rings (SSSR count). The molecule has 1 aromatic carbocycles. The fraction of sp³-hybridized carbons (Fsp3) is 0.182. The molecule has 0 aliphatic heterocycles. The maximum atomic E-state index is 12.2. The number of carboxylic acid groups (broad SMARTS) is 1. The van der Waals surface area contributed by atoms with Gasteiger partial charge in [0.25, 0.3) is 0 Å². The number of hydrogen-bond donors (Lipinski definition) is 2. The van der Waals surface area contributed by atoms with Crippen LogP contribution in [-0.4, -0.2) is 32.7 Å². The number of halogens is 3. The van der Waals surface area contributed by atoms with Crippen molar-refractivity contribution in [1.29, 1.82) is 0 Å². The fourth-order valence-corrected chi connectivity index (χ4v) is 1.61. The van der Waals surface area contributed by atoms with Gasteiger partial charge in [0.1, 0.15) is 0 Å². The van der Waals surface area contributed by atoms with Crippen molar-refractivity contribution in [2.75, 3.05) is 5.32 Å². The average molecular weight is 287 g/mol. The molecule has 2 N–H and O–H groups in total. The summed E-state index contributed by atoms with van der Waals surface area (Å²) in [6.45, 7) is 0. The van der Waals surface area contributed by atoms with Crippen molar-refractivity contribution < 1.29 is 27.9 Å². The van der Waals surface area contributed by atoms with Crippen molar-refractivity contribution in [2.45, 2.75) is 6.18 Å². The third-order valence-electron chi connectivity index (χ3n) is 2.61. The largest absolute Gasteiger partial charge is 0.478 e. The summed E-state index contributed by atoms with van der Waals surface area (Å²) in [6, 6.07) is 3.88. The Balaban J connectivity index is 2.44. The molecule has 0 bridgehead atoms. The second-order valence-electron chi connectivity index (χ2n) is 3.95. The number of amides is 1. The predicted molar refractivity (Wildman–Crippen MR) is 62.4 cm³/mol. The minimum absolute atomic E-state index is 0.0332. The number of fused-ring (bicyclic) bond motifs is 1. The van der Waals surface area contributed by atoms with Crippen molar-refractivity contribution in [3.8, 4) is 0 Å². The molecule has 0 fully saturated rings. The van der Waals surface area contributed by atoms with Gasteiger partial charge < -0.3 is 9.67 Å². The zero-order valence-electron chi connectivity index (χ0n) is 10.0. The van der Waals surface area contributed by atoms with E-state index < -0.39 is 18.1 Å². The summed E-state index contributed by atoms with van der Waals surface area (Å²) < 4.78 is 37.7. The Morgan fingerprint density at radius 2 is 2.00 bits per heavy atom. The first-order chi connectivity index (χ1) is 9.20. The summed E-state index contributed by atoms with van der Waals surface area (Å²) in [5, 5.41) is 10.5. The Kier molecular flexibility index (Phi) is 3.12. The number of alkyl halides is 3. The Bertz CT molecular complexity index is 706. The van der Waals surface area contributed by atoms with E-state index in [4.69, 9.17) is 5.11 Å². The number of nitrogens with zero attached hydrogens (tertiary/aromatic N) is 2. The molecule has 2 aromatic rings. The molecule has 1 aromatic heterocycles. The Morgan fingerprint density at radius 3 is 2.55 bits per heavy atom. The SMILES string of the molecule is Cn1c(NC(=O)C(F)(F)F)nc2ccc(C(=O)O)cc21. The highest BCUT2D eigenvalue weighted by Crippen LogP contribution is 2.22. The highest BCUT2D eigenvalue weighted by atomic mass is 19.4. The molecule has 0 unspecified atom stereocenters. The summed E-state index contributed by atoms with van der Waals surface area (Å²) in [5.74, 6) is -3.63. The number of aromatic nitrogens is 2. The first-order valence-corrected chi connectivity index (χ1v) is 5.28. The van der Waals surface area contributed by atoms with Crippen LogP contribution in [0.15, 0.2) is 18.2 Å². The summed E-state index contributed by atoms with van der Waals surface area (Å²) in [5.41, 5.74) is 0.534. The van der Waals surface area contributed by atoms with E-state index in [0.717, 1.165) is 0 Å². The van der Waals surface area contributed by atoms with Crippen molar-refractivity contribution in [1.82, 2.24) is 9.55 Å². The van der Waals surface area contributed by atoms with Crippen LogP contribution in [-0.2, 0) is 11.8 Å². The van der Waals surface area contributed by atoms with E-state index in [1.54, 1.807) is 5.32 Å². The number of nitrogens with one attached hydrogen (secondary N) is 1. The van der Waals surface area contributed by atoms with E-state index in [0.29, 0.717) is 5.52 Å². The normalized spacial score (nSPS) is 11.6. The smallest absolute Gasteiger partial charge is 0.471 e. The van der Waals surface area contributed by atoms with Crippen LogP contribution < -0.4 is 5.32 Å². The summed E-state index contributed by atoms with van der Waals surface area (Å²) in [6.07, 6.45) is -5.02. The van der Waals surface area contributed by atoms with Crippen LogP contribution in [0.3, 0.4) is 0 Å². The third-order valence-corrected chi connectivity index (χ3v) is 2.61. The molecule has 0 aliphatic rings. The van der Waals surface area contributed by atoms with Crippen LogP contribution >= 0.6 is 0 Å². The summed E-state index contributed by atoms with van der Waals surface area (Å²) in [4.78, 5) is 25.5. The Hall–Kier alpha value is -2.58. The number of carbonyl (C=O) groups excluding carboxylic acids is 1. The molecule has 6 nitrogen and oxygen atoms in total. The third kappa shape index (κ3) is 2.42. The quantitative estimate of drug-likeness (QED) is 0.881. The first-order valence-electron chi connectivity index (χ1n) is 5.28. The van der Waals surface area contributed by atoms with Gasteiger partial charge in [-0.05, 0) is 18.2 Å². The molecule has 1 heterocycles. The lowest BCUT2D eigenvalue weighted by atomic mass is 10.2. The zero-order chi connectivity index (χ0) is 15.1. The van der Waals surface area contributed by atoms with Crippen LogP contribution in [0, 0.1) is 0 Å². The monoisotopic (exact) mass is 287 g/mol. The molecule has 0 radical (unpaired) electrons. The lowest BCUT2D eigenvalue weighted by molar-refractivity contribution is -0.167. The van der Waals surface area contributed by atoms with E-state index in [-0.39, 0.29) is 17.0 Å². The topological polar surface area (TPSA) is 84.2 Å². The van der Waals surface area contributed by atoms with Gasteiger partial charge in [0, 0.05) is 7.05 Å². The average Bonchev–Trinajstić information content (AvgIpc) is 2.65. The molecule has 106 valence electrons. The van der Waals surface area contributed by atoms with Crippen LogP contribution in [0.4, 0.5) is 19.1 Å². The van der Waals surface area contributed by atoms with Crippen LogP contribution in [0.5, 0.6) is 0 Å². The standard InChI is InChI=1S/C11H8F3N3O3/c1-17-7-4-5(8(18)19)2-3-6(7)15-10(17)16-9(20)11(12,13)14/h2-4H,1H3,(H,18,19)(H,15,16,20). The minimum Gasteiger partial charge on any atom is -0.478 e. The van der Waals surface area contributed by atoms with Crippen molar-refractivity contribution in [3.05, 3.63) is 23.8 Å². The molecule has 9 heteroatoms. The number of imidazole rings is 1. The number of aryl methyl sites for hydroxylation is 1. The van der Waals surface area contributed by atoms with E-state index >= 15 is 0 Å². The highest BCUT2D eigenvalue weighted by molar-refractivity contribution is 5.96. The van der Waals surface area contributed by atoms with Gasteiger partial charge in [0.05, 0.1) is 16.6 Å². The number of carbonyl (C=O) groups is 2. The molecule has 0 spiro atoms. The van der Waals surface area contributed by atoms with E-state index in [2.05, 4.69) is 4.98 Å². The number of carboxylic acids is 1. The van der Waals surface area contributed by atoms with Crippen LogP contribution in [0.1, 0.15) is 10.4 Å². The van der Waals surface area contributed by atoms with Crippen molar-refractivity contribution >= 4 is 28.9 Å². The van der Waals surface area contributed by atoms with Gasteiger partial charge in [-0.15, -0.1) is 0 Å². The first kappa shape index (κ1) is 13.8. The molecular formula is C11H8F3N3O3. The molecule has 1 amide bonds. The highest BCUT2D eigenvalue weighted by Gasteiger charge is 2.39. The van der Waals surface area contributed by atoms with E-state index in [9.17, 15) is 22.8 Å². The fourth-order valence-electron chi connectivity index (χ4n) is 1.61. The van der Waals surface area contributed by atoms with Gasteiger partial charge in [-0.25, -0.2) is 9.78 Å². The van der Waals surface area contributed by atoms with E-state index in [1.165, 1.54) is 29.8 Å². The number of rotatable bonds is 2. The molecular weight excluding hydrogens is 279 g/mol. The van der Waals surface area contributed by atoms with Crippen LogP contribution in [0.2, 0.25) is 0 Å². The van der Waals surface area contributed by atoms with Crippen LogP contribution in [0.25, 0.3) is 11.0 Å². The second-order valence-corrected chi connectivity index (χ2v) is 3.95. The van der Waals surface area contributed by atoms with Gasteiger partial charge in [-0.2, -0.15) is 13.2 Å². The molecule has 0 aliphatic carbocycles. The Labute approximate surface area is 109 Å². The minimum atomic E-state index is -5.02. The molecule has 0 saturated carbocycles. The molecule has 0 atom stereocenters. The number of benzene rings is 1. The van der Waals surface area contributed by atoms with E-state index in [1.807, 2.05) is 0 Å². The molecule has 0 saturated heterocycles. The van der Waals surface area contributed by atoms with Gasteiger partial charge in [-0.1, -0.05) is 0 Å². The number of hydrogen-bond acceptors (Lipinski definition) is 3. The second kappa shape index (κ2) is 4.51. The Morgan fingerprint density at radius 1 is 1.35 bits per heavy atom. The van der Waals surface area contributed by atoms with Gasteiger partial charge in [-0.3, -0.25) is 10.1 Å².